The fourth-order valence-corrected chi connectivity index (χ4v) is 3.32. The van der Waals surface area contributed by atoms with E-state index in [-0.39, 0.29) is 11.1 Å². The number of hydrogen-bond acceptors (Lipinski definition) is 5. The van der Waals surface area contributed by atoms with E-state index in [0.29, 0.717) is 28.1 Å². The molecule has 6 nitrogen and oxygen atoms in total. The van der Waals surface area contributed by atoms with Gasteiger partial charge in [0.2, 0.25) is 0 Å². The van der Waals surface area contributed by atoms with Gasteiger partial charge in [0, 0.05) is 17.0 Å². The molecule has 6 heteroatoms. The fraction of sp³-hybridized carbons (Fsp3) is 0.250. The lowest BCUT2D eigenvalue weighted by molar-refractivity contribution is -0.305. The van der Waals surface area contributed by atoms with Crippen molar-refractivity contribution in [2.75, 3.05) is 6.54 Å². The van der Waals surface area contributed by atoms with Crippen LogP contribution in [-0.2, 0) is 9.59 Å². The lowest BCUT2D eigenvalue weighted by atomic mass is 9.93. The molecule has 1 fully saturated rings. The quantitative estimate of drug-likeness (QED) is 0.618. The molecule has 0 saturated heterocycles. The summed E-state index contributed by atoms with van der Waals surface area (Å²) in [7, 11) is 0. The van der Waals surface area contributed by atoms with E-state index < -0.39 is 24.3 Å². The lowest BCUT2D eigenvalue weighted by Gasteiger charge is -2.28. The molecule has 0 N–H and O–H groups in total. The molecular weight excluding hydrogens is 334 g/mol. The third-order valence-electron chi connectivity index (χ3n) is 4.86. The van der Waals surface area contributed by atoms with Crippen molar-refractivity contribution < 1.29 is 23.9 Å². The van der Waals surface area contributed by atoms with Crippen molar-refractivity contribution in [1.29, 1.82) is 0 Å². The van der Waals surface area contributed by atoms with Crippen molar-refractivity contribution in [1.82, 2.24) is 4.90 Å². The van der Waals surface area contributed by atoms with Crippen molar-refractivity contribution in [3.63, 3.8) is 0 Å². The van der Waals surface area contributed by atoms with Crippen LogP contribution in [0.15, 0.2) is 40.8 Å². The molecule has 0 unspecified atom stereocenters. The maximum Gasteiger partial charge on any atom is 0.261 e. The van der Waals surface area contributed by atoms with Gasteiger partial charge < -0.3 is 14.3 Å². The highest BCUT2D eigenvalue weighted by Crippen LogP contribution is 2.47. The summed E-state index contributed by atoms with van der Waals surface area (Å²) in [5.74, 6) is -0.422. The van der Waals surface area contributed by atoms with Crippen LogP contribution in [0.2, 0.25) is 0 Å². The fourth-order valence-electron chi connectivity index (χ4n) is 3.32. The molecule has 0 radical (unpaired) electrons. The molecule has 26 heavy (non-hydrogen) atoms. The van der Waals surface area contributed by atoms with E-state index in [1.807, 2.05) is 6.07 Å². The number of rotatable bonds is 4. The molecule has 1 saturated carbocycles. The highest BCUT2D eigenvalue weighted by atomic mass is 16.4. The number of furan rings is 1. The Morgan fingerprint density at radius 1 is 1.19 bits per heavy atom. The second-order valence-electron chi connectivity index (χ2n) is 6.73. The van der Waals surface area contributed by atoms with E-state index in [4.69, 9.17) is 4.42 Å². The maximum atomic E-state index is 12.7. The van der Waals surface area contributed by atoms with Crippen molar-refractivity contribution in [3.8, 4) is 0 Å². The van der Waals surface area contributed by atoms with Gasteiger partial charge in [0.05, 0.1) is 18.1 Å². The predicted octanol–water partition coefficient (Wildman–Crippen LogP) is 1.68. The minimum Gasteiger partial charge on any atom is -0.548 e. The average Bonchev–Trinajstić information content (AvgIpc) is 3.16. The number of imide groups is 1. The number of hydrogen-bond donors (Lipinski definition) is 0. The molecule has 0 bridgehead atoms. The van der Waals surface area contributed by atoms with E-state index in [1.165, 1.54) is 0 Å². The third-order valence-corrected chi connectivity index (χ3v) is 4.86. The lowest BCUT2D eigenvalue weighted by Crippen LogP contribution is -2.47. The summed E-state index contributed by atoms with van der Waals surface area (Å²) in [6.07, 6.45) is 2.64. The number of nitrogens with zero attached hydrogens (tertiary/aromatic N) is 1. The zero-order valence-electron chi connectivity index (χ0n) is 14.1. The summed E-state index contributed by atoms with van der Waals surface area (Å²) < 4.78 is 5.83. The first-order valence-corrected chi connectivity index (χ1v) is 8.42. The van der Waals surface area contributed by atoms with Crippen LogP contribution in [0.3, 0.4) is 0 Å². The van der Waals surface area contributed by atoms with Crippen LogP contribution in [0, 0.1) is 5.92 Å². The first-order valence-electron chi connectivity index (χ1n) is 8.42. The van der Waals surface area contributed by atoms with Crippen LogP contribution in [0.25, 0.3) is 11.6 Å². The monoisotopic (exact) mass is 350 g/mol. The highest BCUT2D eigenvalue weighted by Gasteiger charge is 2.37. The Labute approximate surface area is 149 Å². The summed E-state index contributed by atoms with van der Waals surface area (Å²) >= 11 is 0. The smallest absolute Gasteiger partial charge is 0.261 e. The number of benzene rings is 1. The molecule has 2 heterocycles. The number of fused-ring (bicyclic) bond motifs is 1. The number of aliphatic carboxylic acids is 1. The first-order chi connectivity index (χ1) is 12.5. The molecule has 2 atom stereocenters. The first kappa shape index (κ1) is 16.3. The molecule has 4 rings (SSSR count). The molecular formula is C20H16NO5-. The number of carboxylic acids is 1. The third kappa shape index (κ3) is 2.73. The van der Waals surface area contributed by atoms with Crippen LogP contribution in [0.4, 0.5) is 0 Å². The topological polar surface area (TPSA) is 90.6 Å². The maximum absolute atomic E-state index is 12.7. The number of carbonyl (C=O) groups is 3. The van der Waals surface area contributed by atoms with Crippen LogP contribution in [0.5, 0.6) is 0 Å². The number of carboxylic acid groups (broad SMARTS) is 1. The van der Waals surface area contributed by atoms with Gasteiger partial charge in [-0.2, -0.15) is 0 Å². The zero-order valence-corrected chi connectivity index (χ0v) is 14.1. The number of carbonyl (C=O) groups excluding carboxylic acids is 3. The molecule has 1 aliphatic carbocycles. The Morgan fingerprint density at radius 3 is 2.54 bits per heavy atom. The van der Waals surface area contributed by atoms with Crippen LogP contribution in [-0.4, -0.2) is 29.2 Å². The van der Waals surface area contributed by atoms with Gasteiger partial charge in [0.25, 0.3) is 11.8 Å². The van der Waals surface area contributed by atoms with Crippen molar-refractivity contribution in [2.45, 2.75) is 19.3 Å². The van der Waals surface area contributed by atoms with Crippen LogP contribution in [0.1, 0.15) is 46.7 Å². The van der Waals surface area contributed by atoms with E-state index in [1.54, 1.807) is 36.4 Å². The van der Waals surface area contributed by atoms with Crippen LogP contribution < -0.4 is 5.11 Å². The molecule has 2 aliphatic rings. The van der Waals surface area contributed by atoms with E-state index >= 15 is 0 Å². The Bertz CT molecular complexity index is 955. The van der Waals surface area contributed by atoms with Crippen molar-refractivity contribution >= 4 is 29.4 Å². The molecule has 2 aromatic rings. The molecule has 2 amide bonds. The Balaban J connectivity index is 1.76. The van der Waals surface area contributed by atoms with Gasteiger partial charge in [-0.3, -0.25) is 14.5 Å². The summed E-state index contributed by atoms with van der Waals surface area (Å²) in [4.78, 5) is 36.9. The van der Waals surface area contributed by atoms with Gasteiger partial charge in [0.15, 0.2) is 0 Å². The number of amides is 2. The Morgan fingerprint density at radius 2 is 1.88 bits per heavy atom. The molecule has 132 valence electrons. The van der Waals surface area contributed by atoms with Gasteiger partial charge in [-0.05, 0) is 36.6 Å². The Kier molecular flexibility index (Phi) is 3.76. The van der Waals surface area contributed by atoms with Gasteiger partial charge in [-0.15, -0.1) is 0 Å². The second kappa shape index (κ2) is 5.98. The molecule has 1 aromatic carbocycles. The standard InChI is InChI=1S/C20H17NO5/c1-11-8-15(11)17-7-6-12(26-17)9-16-13-4-2-3-5-14(13)19(24)21(20(16)25)10-18(22)23/h2-7,9,11,15H,8,10H2,1H3,(H,22,23)/p-1/b16-9-/t11-,15-/m1/s1. The van der Waals surface area contributed by atoms with E-state index in [2.05, 4.69) is 6.92 Å². The second-order valence-corrected chi connectivity index (χ2v) is 6.73. The normalized spacial score (nSPS) is 23.3. The SMILES string of the molecule is C[C@@H]1C[C@H]1c1ccc(/C=C2\C(=O)N(CC(=O)[O-])C(=O)c3ccccc32)o1. The minimum atomic E-state index is -1.49. The van der Waals surface area contributed by atoms with Gasteiger partial charge in [0.1, 0.15) is 11.5 Å². The molecule has 1 aliphatic heterocycles. The minimum absolute atomic E-state index is 0.228. The summed E-state index contributed by atoms with van der Waals surface area (Å²) in [6.45, 7) is 1.36. The van der Waals surface area contributed by atoms with Crippen molar-refractivity contribution in [2.24, 2.45) is 5.92 Å². The van der Waals surface area contributed by atoms with Gasteiger partial charge >= 0.3 is 0 Å². The predicted molar refractivity (Wildman–Crippen MR) is 90.6 cm³/mol. The molecule has 1 aromatic heterocycles. The summed E-state index contributed by atoms with van der Waals surface area (Å²) in [5, 5.41) is 11.0. The molecule has 0 spiro atoms. The largest absolute Gasteiger partial charge is 0.548 e. The Hall–Kier alpha value is -3.15. The highest BCUT2D eigenvalue weighted by molar-refractivity contribution is 6.34. The van der Waals surface area contributed by atoms with Crippen molar-refractivity contribution in [3.05, 3.63) is 59.0 Å². The van der Waals surface area contributed by atoms with Gasteiger partial charge in [-0.1, -0.05) is 25.1 Å². The average molecular weight is 350 g/mol. The van der Waals surface area contributed by atoms with Crippen LogP contribution >= 0.6 is 0 Å². The van der Waals surface area contributed by atoms with E-state index in [9.17, 15) is 19.5 Å². The van der Waals surface area contributed by atoms with E-state index in [0.717, 1.165) is 12.2 Å². The summed E-state index contributed by atoms with van der Waals surface area (Å²) in [6, 6.07) is 10.3. The summed E-state index contributed by atoms with van der Waals surface area (Å²) in [5.41, 5.74) is 0.975. The zero-order chi connectivity index (χ0) is 18.4. The van der Waals surface area contributed by atoms with Gasteiger partial charge in [-0.25, -0.2) is 0 Å².